The third-order valence-electron chi connectivity index (χ3n) is 4.99. The number of hydrogen-bond acceptors (Lipinski definition) is 3. The summed E-state index contributed by atoms with van der Waals surface area (Å²) >= 11 is 0. The highest BCUT2D eigenvalue weighted by Crippen LogP contribution is 2.48. The van der Waals surface area contributed by atoms with E-state index in [0.717, 1.165) is 50.8 Å². The maximum atomic E-state index is 4.86. The number of nitrogens with zero attached hydrogens (tertiary/aromatic N) is 2. The van der Waals surface area contributed by atoms with Crippen LogP contribution >= 0.6 is 24.0 Å². The molecule has 0 spiro atoms. The van der Waals surface area contributed by atoms with Crippen molar-refractivity contribution in [2.45, 2.75) is 38.0 Å². The van der Waals surface area contributed by atoms with Crippen LogP contribution in [0.5, 0.6) is 0 Å². The number of hydrogen-bond donors (Lipinski definition) is 3. The minimum Gasteiger partial charge on any atom is -0.370 e. The van der Waals surface area contributed by atoms with Crippen molar-refractivity contribution in [3.8, 4) is 0 Å². The lowest BCUT2D eigenvalue weighted by Crippen LogP contribution is -2.38. The largest absolute Gasteiger partial charge is 0.370 e. The van der Waals surface area contributed by atoms with Crippen molar-refractivity contribution < 1.29 is 0 Å². The molecule has 1 aromatic carbocycles. The maximum Gasteiger partial charge on any atom is 0.191 e. The van der Waals surface area contributed by atoms with E-state index in [1.807, 2.05) is 24.4 Å². The van der Waals surface area contributed by atoms with Crippen LogP contribution in [-0.4, -0.2) is 37.1 Å². The van der Waals surface area contributed by atoms with Gasteiger partial charge < -0.3 is 16.0 Å². The van der Waals surface area contributed by atoms with Gasteiger partial charge in [-0.3, -0.25) is 4.99 Å². The van der Waals surface area contributed by atoms with Gasteiger partial charge >= 0.3 is 0 Å². The quantitative estimate of drug-likeness (QED) is 0.201. The van der Waals surface area contributed by atoms with Crippen LogP contribution in [0.1, 0.15) is 38.2 Å². The number of nitrogens with one attached hydrogen (secondary N) is 3. The number of anilines is 1. The van der Waals surface area contributed by atoms with Crippen molar-refractivity contribution in [3.63, 3.8) is 0 Å². The first-order valence-electron chi connectivity index (χ1n) is 10.0. The fourth-order valence-electron chi connectivity index (χ4n) is 3.19. The Hall–Kier alpha value is -1.83. The average molecular weight is 493 g/mol. The van der Waals surface area contributed by atoms with E-state index in [1.165, 1.54) is 18.4 Å². The van der Waals surface area contributed by atoms with Crippen LogP contribution in [0.4, 0.5) is 5.82 Å². The molecule has 3 rings (SSSR count). The Labute approximate surface area is 185 Å². The fourth-order valence-corrected chi connectivity index (χ4v) is 3.19. The van der Waals surface area contributed by atoms with E-state index in [9.17, 15) is 0 Å². The number of unbranched alkanes of at least 4 members (excludes halogenated alkanes) is 1. The molecule has 0 unspecified atom stereocenters. The minimum atomic E-state index is 0. The van der Waals surface area contributed by atoms with Crippen molar-refractivity contribution in [2.24, 2.45) is 4.99 Å². The molecule has 3 N–H and O–H groups in total. The number of rotatable bonds is 10. The highest BCUT2D eigenvalue weighted by Gasteiger charge is 2.43. The zero-order valence-electron chi connectivity index (χ0n) is 16.7. The molecule has 0 amide bonds. The molecular weight excluding hydrogens is 461 g/mol. The number of aromatic nitrogens is 1. The molecule has 0 radical (unpaired) electrons. The molecule has 28 heavy (non-hydrogen) atoms. The van der Waals surface area contributed by atoms with Gasteiger partial charge in [-0.25, -0.2) is 4.98 Å². The molecule has 1 heterocycles. The number of aliphatic imine (C=N–C) groups is 1. The first-order valence-corrected chi connectivity index (χ1v) is 10.0. The third-order valence-corrected chi connectivity index (χ3v) is 4.99. The lowest BCUT2D eigenvalue weighted by molar-refractivity contribution is 0.680. The second-order valence-electron chi connectivity index (χ2n) is 7.12. The van der Waals surface area contributed by atoms with Crippen LogP contribution in [0.3, 0.4) is 0 Å². The van der Waals surface area contributed by atoms with Crippen molar-refractivity contribution >= 4 is 35.8 Å². The molecular formula is C22H32IN5. The van der Waals surface area contributed by atoms with Crippen LogP contribution in [0.15, 0.2) is 59.7 Å². The summed E-state index contributed by atoms with van der Waals surface area (Å²) in [6.45, 7) is 5.70. The maximum absolute atomic E-state index is 4.86. The zero-order chi connectivity index (χ0) is 18.8. The topological polar surface area (TPSA) is 61.3 Å². The van der Waals surface area contributed by atoms with Gasteiger partial charge in [0.25, 0.3) is 0 Å². The second-order valence-corrected chi connectivity index (χ2v) is 7.12. The molecule has 152 valence electrons. The molecule has 0 aliphatic heterocycles. The number of pyridine rings is 1. The molecule has 1 aliphatic carbocycles. The van der Waals surface area contributed by atoms with E-state index in [2.05, 4.69) is 58.2 Å². The summed E-state index contributed by atoms with van der Waals surface area (Å²) in [4.78, 5) is 9.13. The number of benzene rings is 1. The van der Waals surface area contributed by atoms with Crippen LogP contribution < -0.4 is 16.0 Å². The first kappa shape index (κ1) is 22.5. The summed E-state index contributed by atoms with van der Waals surface area (Å²) < 4.78 is 0. The van der Waals surface area contributed by atoms with Gasteiger partial charge in [0.1, 0.15) is 5.82 Å². The number of halogens is 1. The predicted molar refractivity (Wildman–Crippen MR) is 129 cm³/mol. The summed E-state index contributed by atoms with van der Waals surface area (Å²) in [7, 11) is 0. The Bertz CT molecular complexity index is 701. The first-order chi connectivity index (χ1) is 13.3. The van der Waals surface area contributed by atoms with Crippen molar-refractivity contribution in [1.29, 1.82) is 0 Å². The monoisotopic (exact) mass is 493 g/mol. The number of guanidine groups is 1. The molecule has 1 aromatic heterocycles. The Balaban J connectivity index is 0.00000280. The minimum absolute atomic E-state index is 0. The van der Waals surface area contributed by atoms with Gasteiger partial charge in [-0.2, -0.15) is 0 Å². The highest BCUT2D eigenvalue weighted by atomic mass is 127. The van der Waals surface area contributed by atoms with Gasteiger partial charge in [0.2, 0.25) is 0 Å². The third kappa shape index (κ3) is 6.96. The molecule has 0 bridgehead atoms. The summed E-state index contributed by atoms with van der Waals surface area (Å²) in [5.41, 5.74) is 1.68. The van der Waals surface area contributed by atoms with E-state index in [1.54, 1.807) is 0 Å². The second kappa shape index (κ2) is 11.9. The smallest absolute Gasteiger partial charge is 0.191 e. The lowest BCUT2D eigenvalue weighted by Gasteiger charge is -2.16. The van der Waals surface area contributed by atoms with Crippen LogP contribution in [-0.2, 0) is 5.41 Å². The molecule has 1 fully saturated rings. The van der Waals surface area contributed by atoms with E-state index < -0.39 is 0 Å². The summed E-state index contributed by atoms with van der Waals surface area (Å²) in [6, 6.07) is 16.7. The van der Waals surface area contributed by atoms with Crippen molar-refractivity contribution in [3.05, 3.63) is 60.3 Å². The van der Waals surface area contributed by atoms with E-state index in [-0.39, 0.29) is 29.4 Å². The van der Waals surface area contributed by atoms with Crippen molar-refractivity contribution in [2.75, 3.05) is 31.5 Å². The molecule has 6 heteroatoms. The Morgan fingerprint density at radius 3 is 2.43 bits per heavy atom. The normalized spacial score (nSPS) is 14.7. The van der Waals surface area contributed by atoms with Gasteiger partial charge in [-0.1, -0.05) is 36.4 Å². The van der Waals surface area contributed by atoms with E-state index in [0.29, 0.717) is 0 Å². The van der Waals surface area contributed by atoms with E-state index in [4.69, 9.17) is 4.99 Å². The standard InChI is InChI=1S/C22H31N5.HI/c1-2-23-21(26-17-9-8-16-25-20-12-6-7-15-24-20)27-18-22(13-14-22)19-10-4-3-5-11-19;/h3-7,10-12,15H,2,8-9,13-14,16-18H2,1H3,(H,24,25)(H2,23,26,27);1H. The summed E-state index contributed by atoms with van der Waals surface area (Å²) in [5.74, 6) is 1.87. The fraction of sp³-hybridized carbons (Fsp3) is 0.455. The lowest BCUT2D eigenvalue weighted by atomic mass is 9.96. The SMILES string of the molecule is CCNC(=NCC1(c2ccccc2)CC1)NCCCCNc1ccccn1.I. The van der Waals surface area contributed by atoms with E-state index >= 15 is 0 Å². The predicted octanol–water partition coefficient (Wildman–Crippen LogP) is 4.18. The highest BCUT2D eigenvalue weighted by molar-refractivity contribution is 14.0. The summed E-state index contributed by atoms with van der Waals surface area (Å²) in [6.07, 6.45) is 6.47. The van der Waals surface area contributed by atoms with Gasteiger partial charge in [-0.15, -0.1) is 24.0 Å². The Morgan fingerprint density at radius 2 is 1.75 bits per heavy atom. The molecule has 1 aliphatic rings. The zero-order valence-corrected chi connectivity index (χ0v) is 19.0. The molecule has 1 saturated carbocycles. The molecule has 0 atom stereocenters. The molecule has 0 saturated heterocycles. The van der Waals surface area contributed by atoms with Gasteiger partial charge in [0.05, 0.1) is 6.54 Å². The van der Waals surface area contributed by atoms with Crippen LogP contribution in [0, 0.1) is 0 Å². The Morgan fingerprint density at radius 1 is 1.00 bits per heavy atom. The van der Waals surface area contributed by atoms with Gasteiger partial charge in [-0.05, 0) is 50.3 Å². The molecule has 2 aromatic rings. The van der Waals surface area contributed by atoms with Gasteiger partial charge in [0, 0.05) is 31.2 Å². The van der Waals surface area contributed by atoms with Crippen LogP contribution in [0.2, 0.25) is 0 Å². The van der Waals surface area contributed by atoms with Crippen LogP contribution in [0.25, 0.3) is 0 Å². The van der Waals surface area contributed by atoms with Crippen molar-refractivity contribution in [1.82, 2.24) is 15.6 Å². The van der Waals surface area contributed by atoms with Gasteiger partial charge in [0.15, 0.2) is 5.96 Å². The average Bonchev–Trinajstić information content (AvgIpc) is 3.51. The summed E-state index contributed by atoms with van der Waals surface area (Å²) in [5, 5.41) is 10.2. The molecule has 5 nitrogen and oxygen atoms in total. The Kier molecular flexibility index (Phi) is 9.54.